The van der Waals surface area contributed by atoms with E-state index >= 15 is 0 Å². The number of fused-ring (bicyclic) bond motifs is 3. The quantitative estimate of drug-likeness (QED) is 0.857. The van der Waals surface area contributed by atoms with E-state index in [-0.39, 0.29) is 18.7 Å². The van der Waals surface area contributed by atoms with Crippen LogP contribution in [0.5, 0.6) is 0 Å². The molecule has 0 spiro atoms. The second-order valence-electron chi connectivity index (χ2n) is 5.17. The third kappa shape index (κ3) is 1.95. The van der Waals surface area contributed by atoms with Gasteiger partial charge in [-0.1, -0.05) is 6.92 Å². The Balaban J connectivity index is 2.30. The van der Waals surface area contributed by atoms with Gasteiger partial charge in [0.15, 0.2) is 0 Å². The van der Waals surface area contributed by atoms with E-state index in [2.05, 4.69) is 11.9 Å². The molecule has 2 aromatic heterocycles. The first-order valence-corrected chi connectivity index (χ1v) is 7.31. The highest BCUT2D eigenvalue weighted by molar-refractivity contribution is 7.18. The SMILES string of the molecule is CC1CCc2c(sc3[nH]c(=O)n(CCO)c(=O)c23)C1. The molecule has 0 aromatic carbocycles. The zero-order valence-corrected chi connectivity index (χ0v) is 11.5. The molecule has 0 bridgehead atoms. The number of aliphatic hydroxyl groups is 1. The number of aromatic nitrogens is 2. The number of nitrogens with zero attached hydrogens (tertiary/aromatic N) is 1. The fraction of sp³-hybridized carbons (Fsp3) is 0.538. The van der Waals surface area contributed by atoms with E-state index in [9.17, 15) is 9.59 Å². The average Bonchev–Trinajstić information content (AvgIpc) is 2.71. The van der Waals surface area contributed by atoms with Crippen LogP contribution in [0.4, 0.5) is 0 Å². The Morgan fingerprint density at radius 2 is 2.26 bits per heavy atom. The molecule has 1 aliphatic rings. The van der Waals surface area contributed by atoms with Crippen molar-refractivity contribution in [3.63, 3.8) is 0 Å². The van der Waals surface area contributed by atoms with Gasteiger partial charge in [0.1, 0.15) is 4.83 Å². The number of H-pyrrole nitrogens is 1. The Labute approximate surface area is 113 Å². The van der Waals surface area contributed by atoms with Gasteiger partial charge in [0.25, 0.3) is 5.56 Å². The number of hydrogen-bond donors (Lipinski definition) is 2. The van der Waals surface area contributed by atoms with Gasteiger partial charge in [-0.15, -0.1) is 11.3 Å². The van der Waals surface area contributed by atoms with Gasteiger partial charge in [-0.05, 0) is 30.7 Å². The van der Waals surface area contributed by atoms with Crippen LogP contribution in [0.15, 0.2) is 9.59 Å². The van der Waals surface area contributed by atoms with E-state index in [1.165, 1.54) is 16.2 Å². The van der Waals surface area contributed by atoms with Gasteiger partial charge in [-0.3, -0.25) is 14.3 Å². The minimum absolute atomic E-state index is 0.0468. The molecule has 2 aromatic rings. The maximum atomic E-state index is 12.4. The van der Waals surface area contributed by atoms with E-state index < -0.39 is 5.69 Å². The zero-order chi connectivity index (χ0) is 13.6. The molecule has 0 radical (unpaired) electrons. The number of rotatable bonds is 2. The number of aliphatic hydroxyl groups excluding tert-OH is 1. The molecule has 0 saturated carbocycles. The van der Waals surface area contributed by atoms with Crippen LogP contribution in [0.25, 0.3) is 10.2 Å². The Hall–Kier alpha value is -1.40. The molecule has 2 N–H and O–H groups in total. The first-order chi connectivity index (χ1) is 9.11. The number of nitrogens with one attached hydrogen (secondary N) is 1. The van der Waals surface area contributed by atoms with Crippen molar-refractivity contribution >= 4 is 21.6 Å². The highest BCUT2D eigenvalue weighted by Gasteiger charge is 2.23. The molecule has 102 valence electrons. The minimum Gasteiger partial charge on any atom is -0.395 e. The second kappa shape index (κ2) is 4.61. The van der Waals surface area contributed by atoms with Crippen molar-refractivity contribution in [2.75, 3.05) is 6.61 Å². The van der Waals surface area contributed by atoms with Crippen molar-refractivity contribution in [1.29, 1.82) is 0 Å². The summed E-state index contributed by atoms with van der Waals surface area (Å²) in [6.07, 6.45) is 2.96. The van der Waals surface area contributed by atoms with Crippen LogP contribution in [0.1, 0.15) is 23.8 Å². The fourth-order valence-electron chi connectivity index (χ4n) is 2.76. The summed E-state index contributed by atoms with van der Waals surface area (Å²) in [6, 6.07) is 0. The van der Waals surface area contributed by atoms with Crippen molar-refractivity contribution < 1.29 is 5.11 Å². The summed E-state index contributed by atoms with van der Waals surface area (Å²) in [6.45, 7) is 2.04. The molecule has 2 heterocycles. The zero-order valence-electron chi connectivity index (χ0n) is 10.7. The third-order valence-corrected chi connectivity index (χ3v) is 4.93. The van der Waals surface area contributed by atoms with E-state index in [4.69, 9.17) is 5.11 Å². The van der Waals surface area contributed by atoms with Gasteiger partial charge in [-0.25, -0.2) is 4.79 Å². The number of hydrogen-bond acceptors (Lipinski definition) is 4. The Bertz CT molecular complexity index is 741. The highest BCUT2D eigenvalue weighted by atomic mass is 32.1. The van der Waals surface area contributed by atoms with Crippen molar-refractivity contribution in [1.82, 2.24) is 9.55 Å². The molecule has 0 saturated heterocycles. The molecule has 1 aliphatic carbocycles. The lowest BCUT2D eigenvalue weighted by Gasteiger charge is -2.17. The first-order valence-electron chi connectivity index (χ1n) is 6.50. The average molecular weight is 280 g/mol. The number of aryl methyl sites for hydroxylation is 1. The van der Waals surface area contributed by atoms with E-state index in [0.717, 1.165) is 29.4 Å². The van der Waals surface area contributed by atoms with Gasteiger partial charge in [0, 0.05) is 4.88 Å². The van der Waals surface area contributed by atoms with Gasteiger partial charge in [0.05, 0.1) is 18.5 Å². The molecule has 5 nitrogen and oxygen atoms in total. The maximum absolute atomic E-state index is 12.4. The van der Waals surface area contributed by atoms with Crippen LogP contribution >= 0.6 is 11.3 Å². The monoisotopic (exact) mass is 280 g/mol. The molecular weight excluding hydrogens is 264 g/mol. The van der Waals surface area contributed by atoms with E-state index in [0.29, 0.717) is 16.1 Å². The summed E-state index contributed by atoms with van der Waals surface area (Å²) in [4.78, 5) is 28.9. The van der Waals surface area contributed by atoms with Crippen molar-refractivity contribution in [2.24, 2.45) is 5.92 Å². The summed E-state index contributed by atoms with van der Waals surface area (Å²) in [7, 11) is 0. The summed E-state index contributed by atoms with van der Waals surface area (Å²) >= 11 is 1.53. The van der Waals surface area contributed by atoms with E-state index in [1.807, 2.05) is 0 Å². The number of aromatic amines is 1. The van der Waals surface area contributed by atoms with E-state index in [1.54, 1.807) is 0 Å². The van der Waals surface area contributed by atoms with Crippen LogP contribution in [0.2, 0.25) is 0 Å². The van der Waals surface area contributed by atoms with Gasteiger partial charge in [-0.2, -0.15) is 0 Å². The van der Waals surface area contributed by atoms with Crippen molar-refractivity contribution in [2.45, 2.75) is 32.7 Å². The van der Waals surface area contributed by atoms with Gasteiger partial charge in [0.2, 0.25) is 0 Å². The minimum atomic E-state index is -0.432. The smallest absolute Gasteiger partial charge is 0.329 e. The Morgan fingerprint density at radius 1 is 1.47 bits per heavy atom. The van der Waals surface area contributed by atoms with Gasteiger partial charge >= 0.3 is 5.69 Å². The normalized spacial score (nSPS) is 18.7. The van der Waals surface area contributed by atoms with Crippen molar-refractivity contribution in [3.05, 3.63) is 31.3 Å². The predicted molar refractivity (Wildman–Crippen MR) is 75.0 cm³/mol. The molecule has 1 atom stereocenters. The third-order valence-electron chi connectivity index (χ3n) is 3.76. The summed E-state index contributed by atoms with van der Waals surface area (Å²) in [5.74, 6) is 0.631. The highest BCUT2D eigenvalue weighted by Crippen LogP contribution is 2.35. The van der Waals surface area contributed by atoms with Crippen LogP contribution in [0, 0.1) is 5.92 Å². The lowest BCUT2D eigenvalue weighted by Crippen LogP contribution is -2.36. The molecule has 19 heavy (non-hydrogen) atoms. The molecule has 0 amide bonds. The second-order valence-corrected chi connectivity index (χ2v) is 6.27. The fourth-order valence-corrected chi connectivity index (χ4v) is 4.15. The van der Waals surface area contributed by atoms with Crippen LogP contribution < -0.4 is 11.2 Å². The molecule has 3 rings (SSSR count). The van der Waals surface area contributed by atoms with Crippen LogP contribution in [-0.4, -0.2) is 21.3 Å². The standard InChI is InChI=1S/C13H16N2O3S/c1-7-2-3-8-9(6-7)19-11-10(8)12(17)15(4-5-16)13(18)14-11/h7,16H,2-6H2,1H3,(H,14,18). The lowest BCUT2D eigenvalue weighted by atomic mass is 9.89. The largest absolute Gasteiger partial charge is 0.395 e. The molecular formula is C13H16N2O3S. The van der Waals surface area contributed by atoms with Crippen LogP contribution in [-0.2, 0) is 19.4 Å². The lowest BCUT2D eigenvalue weighted by molar-refractivity contribution is 0.272. The summed E-state index contributed by atoms with van der Waals surface area (Å²) in [5, 5.41) is 9.61. The molecule has 6 heteroatoms. The molecule has 0 aliphatic heterocycles. The molecule has 1 unspecified atom stereocenters. The maximum Gasteiger partial charge on any atom is 0.329 e. The summed E-state index contributed by atoms with van der Waals surface area (Å²) in [5.41, 5.74) is 0.407. The molecule has 0 fully saturated rings. The Morgan fingerprint density at radius 3 is 3.00 bits per heavy atom. The predicted octanol–water partition coefficient (Wildman–Crippen LogP) is 0.868. The Kier molecular flexibility index (Phi) is 3.06. The number of thiophene rings is 1. The summed E-state index contributed by atoms with van der Waals surface area (Å²) < 4.78 is 1.09. The van der Waals surface area contributed by atoms with Gasteiger partial charge < -0.3 is 5.11 Å². The van der Waals surface area contributed by atoms with Crippen molar-refractivity contribution in [3.8, 4) is 0 Å². The van der Waals surface area contributed by atoms with Crippen LogP contribution in [0.3, 0.4) is 0 Å². The topological polar surface area (TPSA) is 75.1 Å². The first kappa shape index (κ1) is 12.6.